The van der Waals surface area contributed by atoms with Crippen LogP contribution in [0.2, 0.25) is 0 Å². The number of halogens is 1. The van der Waals surface area contributed by atoms with Crippen molar-refractivity contribution in [1.82, 2.24) is 9.80 Å². The minimum atomic E-state index is 0.133. The summed E-state index contributed by atoms with van der Waals surface area (Å²) in [6.45, 7) is 1.83. The van der Waals surface area contributed by atoms with E-state index in [1.807, 2.05) is 21.1 Å². The zero-order valence-corrected chi connectivity index (χ0v) is 9.47. The first-order chi connectivity index (χ1) is 6.07. The van der Waals surface area contributed by atoms with Crippen molar-refractivity contribution >= 4 is 17.5 Å². The second kappa shape index (κ2) is 7.15. The Hall–Kier alpha value is -0.280. The molecule has 0 aliphatic carbocycles. The fourth-order valence-corrected chi connectivity index (χ4v) is 1.18. The first kappa shape index (κ1) is 12.7. The quantitative estimate of drug-likeness (QED) is 0.606. The van der Waals surface area contributed by atoms with Crippen molar-refractivity contribution in [3.63, 3.8) is 0 Å². The van der Waals surface area contributed by atoms with Crippen LogP contribution in [-0.2, 0) is 4.79 Å². The van der Waals surface area contributed by atoms with Gasteiger partial charge in [0.2, 0.25) is 5.91 Å². The predicted octanol–water partition coefficient (Wildman–Crippen LogP) is 1.03. The number of alkyl halides is 1. The molecule has 0 rings (SSSR count). The molecular formula is C9H19ClN2O. The van der Waals surface area contributed by atoms with Gasteiger partial charge in [-0.1, -0.05) is 0 Å². The van der Waals surface area contributed by atoms with Gasteiger partial charge in [-0.15, -0.1) is 11.6 Å². The molecule has 0 aromatic rings. The zero-order chi connectivity index (χ0) is 10.3. The Morgan fingerprint density at radius 3 is 2.31 bits per heavy atom. The SMILES string of the molecule is CN(C)CCCN(C)C(=O)CCCl. The molecule has 0 atom stereocenters. The van der Waals surface area contributed by atoms with Crippen molar-refractivity contribution in [3.8, 4) is 0 Å². The standard InChI is InChI=1S/C9H19ClN2O/c1-11(2)7-4-8-12(3)9(13)5-6-10/h4-8H2,1-3H3. The van der Waals surface area contributed by atoms with E-state index in [2.05, 4.69) is 4.90 Å². The Morgan fingerprint density at radius 1 is 1.23 bits per heavy atom. The van der Waals surface area contributed by atoms with Gasteiger partial charge in [-0.05, 0) is 27.1 Å². The van der Waals surface area contributed by atoms with E-state index < -0.39 is 0 Å². The topological polar surface area (TPSA) is 23.6 Å². The summed E-state index contributed by atoms with van der Waals surface area (Å²) in [5, 5.41) is 0. The van der Waals surface area contributed by atoms with Gasteiger partial charge < -0.3 is 9.80 Å². The highest BCUT2D eigenvalue weighted by Gasteiger charge is 2.06. The second-order valence-corrected chi connectivity index (χ2v) is 3.79. The van der Waals surface area contributed by atoms with Gasteiger partial charge in [0.15, 0.2) is 0 Å². The molecule has 0 radical (unpaired) electrons. The maximum Gasteiger partial charge on any atom is 0.223 e. The summed E-state index contributed by atoms with van der Waals surface area (Å²) in [6, 6.07) is 0. The van der Waals surface area contributed by atoms with E-state index in [1.165, 1.54) is 0 Å². The Labute approximate surface area is 85.6 Å². The van der Waals surface area contributed by atoms with Crippen LogP contribution in [0.1, 0.15) is 12.8 Å². The summed E-state index contributed by atoms with van der Waals surface area (Å²) in [5.74, 6) is 0.547. The fraction of sp³-hybridized carbons (Fsp3) is 0.889. The Balaban J connectivity index is 3.49. The molecule has 0 aliphatic heterocycles. The van der Waals surface area contributed by atoms with E-state index in [0.717, 1.165) is 19.5 Å². The summed E-state index contributed by atoms with van der Waals surface area (Å²) in [6.07, 6.45) is 1.46. The van der Waals surface area contributed by atoms with E-state index in [-0.39, 0.29) is 5.91 Å². The molecular weight excluding hydrogens is 188 g/mol. The summed E-state index contributed by atoms with van der Waals surface area (Å²) in [7, 11) is 5.88. The van der Waals surface area contributed by atoms with Gasteiger partial charge in [0.05, 0.1) is 0 Å². The lowest BCUT2D eigenvalue weighted by molar-refractivity contribution is -0.129. The van der Waals surface area contributed by atoms with Gasteiger partial charge in [0.25, 0.3) is 0 Å². The molecule has 0 spiro atoms. The van der Waals surface area contributed by atoms with E-state index in [9.17, 15) is 4.79 Å². The maximum absolute atomic E-state index is 11.2. The molecule has 0 aromatic heterocycles. The number of hydrogen-bond donors (Lipinski definition) is 0. The van der Waals surface area contributed by atoms with Crippen LogP contribution in [0.5, 0.6) is 0 Å². The molecule has 0 bridgehead atoms. The number of carbonyl (C=O) groups excluding carboxylic acids is 1. The van der Waals surface area contributed by atoms with Crippen molar-refractivity contribution in [3.05, 3.63) is 0 Å². The highest BCUT2D eigenvalue weighted by molar-refractivity contribution is 6.18. The van der Waals surface area contributed by atoms with E-state index in [0.29, 0.717) is 12.3 Å². The fourth-order valence-electron chi connectivity index (χ4n) is 1.02. The lowest BCUT2D eigenvalue weighted by Crippen LogP contribution is -2.29. The van der Waals surface area contributed by atoms with Crippen LogP contribution in [0, 0.1) is 0 Å². The van der Waals surface area contributed by atoms with Gasteiger partial charge >= 0.3 is 0 Å². The molecule has 0 aliphatic rings. The lowest BCUT2D eigenvalue weighted by atomic mass is 10.3. The van der Waals surface area contributed by atoms with Crippen LogP contribution in [0.3, 0.4) is 0 Å². The molecule has 0 fully saturated rings. The maximum atomic E-state index is 11.2. The van der Waals surface area contributed by atoms with Gasteiger partial charge in [0.1, 0.15) is 0 Å². The third-order valence-electron chi connectivity index (χ3n) is 1.83. The number of carbonyl (C=O) groups is 1. The molecule has 4 heteroatoms. The summed E-state index contributed by atoms with van der Waals surface area (Å²) >= 11 is 5.47. The van der Waals surface area contributed by atoms with Crippen molar-refractivity contribution < 1.29 is 4.79 Å². The van der Waals surface area contributed by atoms with Gasteiger partial charge in [-0.25, -0.2) is 0 Å². The Bertz CT molecular complexity index is 151. The van der Waals surface area contributed by atoms with Crippen molar-refractivity contribution in [2.75, 3.05) is 40.1 Å². The average Bonchev–Trinajstić information content (AvgIpc) is 2.04. The average molecular weight is 207 g/mol. The van der Waals surface area contributed by atoms with Gasteiger partial charge in [-0.2, -0.15) is 0 Å². The number of nitrogens with zero attached hydrogens (tertiary/aromatic N) is 2. The van der Waals surface area contributed by atoms with Gasteiger partial charge in [0, 0.05) is 25.9 Å². The largest absolute Gasteiger partial charge is 0.346 e. The minimum absolute atomic E-state index is 0.133. The number of amides is 1. The second-order valence-electron chi connectivity index (χ2n) is 3.41. The van der Waals surface area contributed by atoms with Crippen LogP contribution in [0.25, 0.3) is 0 Å². The first-order valence-electron chi connectivity index (χ1n) is 4.52. The number of hydrogen-bond acceptors (Lipinski definition) is 2. The van der Waals surface area contributed by atoms with Crippen molar-refractivity contribution in [2.24, 2.45) is 0 Å². The summed E-state index contributed by atoms with van der Waals surface area (Å²) < 4.78 is 0. The normalized spacial score (nSPS) is 10.5. The van der Waals surface area contributed by atoms with Crippen LogP contribution in [0.15, 0.2) is 0 Å². The molecule has 0 saturated heterocycles. The predicted molar refractivity (Wildman–Crippen MR) is 56.1 cm³/mol. The van der Waals surface area contributed by atoms with Crippen LogP contribution >= 0.6 is 11.6 Å². The minimum Gasteiger partial charge on any atom is -0.346 e. The number of rotatable bonds is 6. The molecule has 0 saturated carbocycles. The molecule has 0 N–H and O–H groups in total. The highest BCUT2D eigenvalue weighted by Crippen LogP contribution is 1.95. The Morgan fingerprint density at radius 2 is 1.85 bits per heavy atom. The van der Waals surface area contributed by atoms with Crippen molar-refractivity contribution in [2.45, 2.75) is 12.8 Å². The van der Waals surface area contributed by atoms with Crippen LogP contribution < -0.4 is 0 Å². The lowest BCUT2D eigenvalue weighted by Gasteiger charge is -2.17. The Kier molecular flexibility index (Phi) is 7.00. The zero-order valence-electron chi connectivity index (χ0n) is 8.72. The first-order valence-corrected chi connectivity index (χ1v) is 5.06. The summed E-state index contributed by atoms with van der Waals surface area (Å²) in [5.41, 5.74) is 0. The molecule has 3 nitrogen and oxygen atoms in total. The summed E-state index contributed by atoms with van der Waals surface area (Å²) in [4.78, 5) is 15.1. The van der Waals surface area contributed by atoms with E-state index >= 15 is 0 Å². The molecule has 1 amide bonds. The molecule has 0 aromatic carbocycles. The third kappa shape index (κ3) is 6.84. The molecule has 0 heterocycles. The molecule has 13 heavy (non-hydrogen) atoms. The monoisotopic (exact) mass is 206 g/mol. The van der Waals surface area contributed by atoms with Gasteiger partial charge in [-0.3, -0.25) is 4.79 Å². The van der Waals surface area contributed by atoms with Crippen molar-refractivity contribution in [1.29, 1.82) is 0 Å². The van der Waals surface area contributed by atoms with E-state index in [4.69, 9.17) is 11.6 Å². The molecule has 0 unspecified atom stereocenters. The van der Waals surface area contributed by atoms with Crippen LogP contribution in [0.4, 0.5) is 0 Å². The molecule has 78 valence electrons. The van der Waals surface area contributed by atoms with E-state index in [1.54, 1.807) is 4.90 Å². The smallest absolute Gasteiger partial charge is 0.223 e. The highest BCUT2D eigenvalue weighted by atomic mass is 35.5. The van der Waals surface area contributed by atoms with Crippen LogP contribution in [-0.4, -0.2) is 55.8 Å². The third-order valence-corrected chi connectivity index (χ3v) is 2.02.